The van der Waals surface area contributed by atoms with Crippen molar-refractivity contribution in [1.29, 1.82) is 0 Å². The normalized spacial score (nSPS) is 10.2. The summed E-state index contributed by atoms with van der Waals surface area (Å²) in [6.45, 7) is 5.00. The van der Waals surface area contributed by atoms with Crippen LogP contribution in [0.25, 0.3) is 0 Å². The summed E-state index contributed by atoms with van der Waals surface area (Å²) in [5, 5.41) is 2.09. The number of hydrogen-bond acceptors (Lipinski definition) is 2. The molecule has 0 aliphatic carbocycles. The molecular formula is C10H16OS. The van der Waals surface area contributed by atoms with Gasteiger partial charge in [-0.2, -0.15) is 0 Å². The second kappa shape index (κ2) is 5.20. The summed E-state index contributed by atoms with van der Waals surface area (Å²) in [5.74, 6) is 1.04. The van der Waals surface area contributed by atoms with E-state index in [0.717, 1.165) is 12.4 Å². The molecule has 1 rings (SSSR count). The first-order valence-electron chi connectivity index (χ1n) is 4.57. The van der Waals surface area contributed by atoms with Crippen LogP contribution in [0, 0.1) is 0 Å². The molecule has 2 heteroatoms. The van der Waals surface area contributed by atoms with E-state index in [4.69, 9.17) is 4.74 Å². The van der Waals surface area contributed by atoms with Crippen LogP contribution >= 0.6 is 11.3 Å². The Morgan fingerprint density at radius 2 is 2.25 bits per heavy atom. The Labute approximate surface area is 78.4 Å². The van der Waals surface area contributed by atoms with E-state index >= 15 is 0 Å². The minimum atomic E-state index is 0.768. The molecule has 0 radical (unpaired) electrons. The molecule has 0 amide bonds. The lowest BCUT2D eigenvalue weighted by atomic mass is 10.2. The summed E-state index contributed by atoms with van der Waals surface area (Å²) in [6, 6.07) is 2.16. The molecule has 1 aromatic rings. The van der Waals surface area contributed by atoms with E-state index in [-0.39, 0.29) is 0 Å². The quantitative estimate of drug-likeness (QED) is 0.680. The summed E-state index contributed by atoms with van der Waals surface area (Å²) >= 11 is 1.80. The monoisotopic (exact) mass is 184 g/mol. The number of aryl methyl sites for hydroxylation is 1. The number of hydrogen-bond donors (Lipinski definition) is 0. The molecule has 1 aromatic heterocycles. The second-order valence-corrected chi connectivity index (χ2v) is 3.78. The minimum absolute atomic E-state index is 0.768. The molecule has 0 aromatic carbocycles. The van der Waals surface area contributed by atoms with Crippen molar-refractivity contribution in [3.05, 3.63) is 16.3 Å². The average Bonchev–Trinajstić information content (AvgIpc) is 2.50. The molecule has 0 saturated carbocycles. The van der Waals surface area contributed by atoms with Gasteiger partial charge in [0.25, 0.3) is 0 Å². The first-order chi connectivity index (χ1) is 5.86. The lowest BCUT2D eigenvalue weighted by Crippen LogP contribution is -1.88. The number of unbranched alkanes of at least 4 members (excludes halogenated alkanes) is 1. The molecule has 0 unspecified atom stereocenters. The number of rotatable bonds is 5. The molecule has 0 aliphatic rings. The topological polar surface area (TPSA) is 9.23 Å². The third-order valence-corrected chi connectivity index (χ3v) is 2.69. The Morgan fingerprint density at radius 1 is 1.42 bits per heavy atom. The molecule has 0 fully saturated rings. The van der Waals surface area contributed by atoms with Crippen molar-refractivity contribution in [2.75, 3.05) is 6.61 Å². The van der Waals surface area contributed by atoms with Crippen molar-refractivity contribution >= 4 is 11.3 Å². The lowest BCUT2D eigenvalue weighted by molar-refractivity contribution is 0.341. The molecule has 0 spiro atoms. The summed E-state index contributed by atoms with van der Waals surface area (Å²) in [4.78, 5) is 1.44. The highest BCUT2D eigenvalue weighted by atomic mass is 32.1. The van der Waals surface area contributed by atoms with Crippen LogP contribution in [-0.2, 0) is 6.42 Å². The maximum atomic E-state index is 5.38. The molecule has 68 valence electrons. The second-order valence-electron chi connectivity index (χ2n) is 2.79. The number of ether oxygens (including phenoxy) is 1. The van der Waals surface area contributed by atoms with Crippen LogP contribution in [0.3, 0.4) is 0 Å². The molecule has 1 heterocycles. The third kappa shape index (κ3) is 2.86. The Hall–Kier alpha value is -0.500. The fourth-order valence-electron chi connectivity index (χ4n) is 1.08. The zero-order valence-corrected chi connectivity index (χ0v) is 8.62. The Balaban J connectivity index is 2.41. The first-order valence-corrected chi connectivity index (χ1v) is 5.45. The van der Waals surface area contributed by atoms with Crippen molar-refractivity contribution < 1.29 is 4.74 Å². The van der Waals surface area contributed by atoms with Gasteiger partial charge in [-0.05, 0) is 25.8 Å². The smallest absolute Gasteiger partial charge is 0.130 e. The number of thiophene rings is 1. The Bertz CT molecular complexity index is 217. The van der Waals surface area contributed by atoms with Gasteiger partial charge in [-0.25, -0.2) is 0 Å². The SMILES string of the molecule is CCCCc1cc(OCC)cs1. The lowest BCUT2D eigenvalue weighted by Gasteiger charge is -1.96. The fraction of sp³-hybridized carbons (Fsp3) is 0.600. The van der Waals surface area contributed by atoms with Crippen molar-refractivity contribution in [2.45, 2.75) is 33.1 Å². The highest BCUT2D eigenvalue weighted by Crippen LogP contribution is 2.22. The predicted molar refractivity (Wildman–Crippen MR) is 54.1 cm³/mol. The zero-order chi connectivity index (χ0) is 8.81. The molecule has 0 bridgehead atoms. The van der Waals surface area contributed by atoms with E-state index in [0.29, 0.717) is 0 Å². The molecule has 12 heavy (non-hydrogen) atoms. The summed E-state index contributed by atoms with van der Waals surface area (Å²) in [6.07, 6.45) is 3.75. The van der Waals surface area contributed by atoms with Crippen molar-refractivity contribution in [3.8, 4) is 5.75 Å². The van der Waals surface area contributed by atoms with Crippen molar-refractivity contribution in [3.63, 3.8) is 0 Å². The van der Waals surface area contributed by atoms with Gasteiger partial charge in [0.2, 0.25) is 0 Å². The predicted octanol–water partition coefficient (Wildman–Crippen LogP) is 3.49. The molecular weight excluding hydrogens is 168 g/mol. The average molecular weight is 184 g/mol. The fourth-order valence-corrected chi connectivity index (χ4v) is 1.93. The molecule has 1 nitrogen and oxygen atoms in total. The molecule has 0 N–H and O–H groups in total. The van der Waals surface area contributed by atoms with Gasteiger partial charge in [0.1, 0.15) is 5.75 Å². The van der Waals surface area contributed by atoms with Crippen LogP contribution in [0.1, 0.15) is 31.6 Å². The van der Waals surface area contributed by atoms with Crippen LogP contribution in [0.15, 0.2) is 11.4 Å². The Kier molecular flexibility index (Phi) is 4.15. The summed E-state index contributed by atoms with van der Waals surface area (Å²) < 4.78 is 5.38. The standard InChI is InChI=1S/C10H16OS/c1-3-5-6-10-7-9(8-12-10)11-4-2/h7-8H,3-6H2,1-2H3. The highest BCUT2D eigenvalue weighted by molar-refractivity contribution is 7.10. The van der Waals surface area contributed by atoms with Crippen molar-refractivity contribution in [2.24, 2.45) is 0 Å². The minimum Gasteiger partial charge on any atom is -0.493 e. The van der Waals surface area contributed by atoms with Gasteiger partial charge in [-0.3, -0.25) is 0 Å². The zero-order valence-electron chi connectivity index (χ0n) is 7.80. The van der Waals surface area contributed by atoms with Gasteiger partial charge in [-0.1, -0.05) is 13.3 Å². The summed E-state index contributed by atoms with van der Waals surface area (Å²) in [7, 11) is 0. The van der Waals surface area contributed by atoms with Gasteiger partial charge in [0.15, 0.2) is 0 Å². The van der Waals surface area contributed by atoms with Crippen LogP contribution in [0.5, 0.6) is 5.75 Å². The van der Waals surface area contributed by atoms with Gasteiger partial charge in [-0.15, -0.1) is 11.3 Å². The highest BCUT2D eigenvalue weighted by Gasteiger charge is 1.98. The molecule has 0 atom stereocenters. The van der Waals surface area contributed by atoms with E-state index in [1.807, 2.05) is 6.92 Å². The van der Waals surface area contributed by atoms with Crippen LogP contribution in [0.2, 0.25) is 0 Å². The van der Waals surface area contributed by atoms with E-state index < -0.39 is 0 Å². The van der Waals surface area contributed by atoms with E-state index in [1.165, 1.54) is 24.1 Å². The maximum Gasteiger partial charge on any atom is 0.130 e. The Morgan fingerprint density at radius 3 is 2.92 bits per heavy atom. The first kappa shape index (κ1) is 9.59. The van der Waals surface area contributed by atoms with E-state index in [9.17, 15) is 0 Å². The molecule has 0 saturated heterocycles. The molecule has 0 aliphatic heterocycles. The van der Waals surface area contributed by atoms with E-state index in [1.54, 1.807) is 11.3 Å². The van der Waals surface area contributed by atoms with Gasteiger partial charge in [0.05, 0.1) is 6.61 Å². The largest absolute Gasteiger partial charge is 0.493 e. The van der Waals surface area contributed by atoms with Gasteiger partial charge >= 0.3 is 0 Å². The van der Waals surface area contributed by atoms with E-state index in [2.05, 4.69) is 18.4 Å². The maximum absolute atomic E-state index is 5.38. The van der Waals surface area contributed by atoms with Gasteiger partial charge < -0.3 is 4.74 Å². The van der Waals surface area contributed by atoms with Crippen molar-refractivity contribution in [1.82, 2.24) is 0 Å². The third-order valence-electron chi connectivity index (χ3n) is 1.72. The van der Waals surface area contributed by atoms with Crippen LogP contribution < -0.4 is 4.74 Å². The van der Waals surface area contributed by atoms with Crippen LogP contribution in [-0.4, -0.2) is 6.61 Å². The van der Waals surface area contributed by atoms with Crippen LogP contribution in [0.4, 0.5) is 0 Å². The summed E-state index contributed by atoms with van der Waals surface area (Å²) in [5.41, 5.74) is 0. The van der Waals surface area contributed by atoms with Gasteiger partial charge in [0, 0.05) is 10.3 Å².